The van der Waals surface area contributed by atoms with Crippen LogP contribution in [-0.2, 0) is 17.9 Å². The van der Waals surface area contributed by atoms with E-state index in [-0.39, 0.29) is 48.1 Å². The van der Waals surface area contributed by atoms with Crippen LogP contribution in [0.1, 0.15) is 37.9 Å². The van der Waals surface area contributed by atoms with Crippen molar-refractivity contribution in [1.82, 2.24) is 45.0 Å². The lowest BCUT2D eigenvalue weighted by Gasteiger charge is -2.29. The molecule has 46 heavy (non-hydrogen) atoms. The number of allylic oxidation sites excluding steroid dienone is 1. The summed E-state index contributed by atoms with van der Waals surface area (Å²) in [5.74, 6) is -1.35. The summed E-state index contributed by atoms with van der Waals surface area (Å²) in [5.41, 5.74) is 0.796. The number of likely N-dealkylation sites (tertiary alicyclic amines) is 1. The molecule has 4 heterocycles. The van der Waals surface area contributed by atoms with E-state index in [9.17, 15) is 4.79 Å². The van der Waals surface area contributed by atoms with E-state index in [1.54, 1.807) is 30.2 Å². The van der Waals surface area contributed by atoms with E-state index in [1.807, 2.05) is 17.7 Å². The van der Waals surface area contributed by atoms with E-state index in [4.69, 9.17) is 9.47 Å². The van der Waals surface area contributed by atoms with Crippen molar-refractivity contribution in [2.45, 2.75) is 61.7 Å². The third-order valence-electron chi connectivity index (χ3n) is 7.83. The molecular weight excluding hydrogens is 616 g/mol. The zero-order valence-corrected chi connectivity index (χ0v) is 26.2. The van der Waals surface area contributed by atoms with Gasteiger partial charge in [-0.05, 0) is 70.4 Å². The van der Waals surface area contributed by atoms with Gasteiger partial charge in [0.05, 0.1) is 24.6 Å². The minimum atomic E-state index is -0.769. The first-order valence-electron chi connectivity index (χ1n) is 15.2. The van der Waals surface area contributed by atoms with E-state index in [0.29, 0.717) is 11.0 Å². The number of thioether (sulfide) groups is 1. The van der Waals surface area contributed by atoms with Crippen LogP contribution in [0.15, 0.2) is 60.2 Å². The molecule has 0 spiro atoms. The molecule has 242 valence electrons. The lowest BCUT2D eigenvalue weighted by Crippen LogP contribution is -2.43. The predicted molar refractivity (Wildman–Crippen MR) is 166 cm³/mol. The van der Waals surface area contributed by atoms with Crippen molar-refractivity contribution in [3.05, 3.63) is 72.5 Å². The average molecular weight is 652 g/mol. The molecule has 1 fully saturated rings. The summed E-state index contributed by atoms with van der Waals surface area (Å²) in [6, 6.07) is 5.77. The van der Waals surface area contributed by atoms with Gasteiger partial charge in [-0.1, -0.05) is 23.9 Å². The first-order chi connectivity index (χ1) is 22.4. The Morgan fingerprint density at radius 2 is 2.00 bits per heavy atom. The quantitative estimate of drug-likeness (QED) is 0.226. The molecule has 1 amide bonds. The first-order valence-corrected chi connectivity index (χ1v) is 16.1. The average Bonchev–Trinajstić information content (AvgIpc) is 3.70. The summed E-state index contributed by atoms with van der Waals surface area (Å²) in [4.78, 5) is 19.8. The lowest BCUT2D eigenvalue weighted by atomic mass is 10.1. The zero-order valence-electron chi connectivity index (χ0n) is 25.4. The highest BCUT2D eigenvalue weighted by atomic mass is 32.2. The van der Waals surface area contributed by atoms with Gasteiger partial charge in [0.25, 0.3) is 0 Å². The molecule has 1 atom stereocenters. The van der Waals surface area contributed by atoms with E-state index >= 15 is 8.78 Å². The second-order valence-electron chi connectivity index (χ2n) is 11.2. The minimum absolute atomic E-state index is 0.0252. The minimum Gasteiger partial charge on any atom is -0.482 e. The summed E-state index contributed by atoms with van der Waals surface area (Å²) in [5, 5.41) is 20.8. The van der Waals surface area contributed by atoms with Crippen LogP contribution in [0, 0.1) is 11.6 Å². The second-order valence-corrected chi connectivity index (χ2v) is 12.4. The highest BCUT2D eigenvalue weighted by Crippen LogP contribution is 2.32. The highest BCUT2D eigenvalue weighted by molar-refractivity contribution is 7.99. The van der Waals surface area contributed by atoms with Crippen LogP contribution in [0.5, 0.6) is 5.75 Å². The van der Waals surface area contributed by atoms with Gasteiger partial charge in [0.2, 0.25) is 0 Å². The maximum Gasteiger partial charge on any atom is 0.407 e. The van der Waals surface area contributed by atoms with Crippen molar-refractivity contribution in [3.8, 4) is 22.7 Å². The predicted octanol–water partition coefficient (Wildman–Crippen LogP) is 4.80. The van der Waals surface area contributed by atoms with E-state index < -0.39 is 17.7 Å². The topological polar surface area (TPSA) is 125 Å². The maximum absolute atomic E-state index is 15.2. The van der Waals surface area contributed by atoms with Gasteiger partial charge in [-0.2, -0.15) is 15.0 Å². The monoisotopic (exact) mass is 651 g/mol. The van der Waals surface area contributed by atoms with Crippen molar-refractivity contribution in [2.75, 3.05) is 26.7 Å². The number of amides is 1. The molecule has 12 nitrogen and oxygen atoms in total. The Balaban J connectivity index is 1.08. The maximum atomic E-state index is 15.2. The fourth-order valence-corrected chi connectivity index (χ4v) is 6.47. The van der Waals surface area contributed by atoms with Crippen LogP contribution in [0.4, 0.5) is 13.6 Å². The molecule has 1 aliphatic carbocycles. The molecule has 1 saturated heterocycles. The van der Waals surface area contributed by atoms with Gasteiger partial charge >= 0.3 is 6.09 Å². The fourth-order valence-electron chi connectivity index (χ4n) is 5.32. The van der Waals surface area contributed by atoms with Crippen LogP contribution in [-0.4, -0.2) is 83.8 Å². The molecule has 0 saturated carbocycles. The zero-order chi connectivity index (χ0) is 31.9. The number of hydrogen-bond acceptors (Lipinski definition) is 10. The van der Waals surface area contributed by atoms with Gasteiger partial charge in [0.1, 0.15) is 24.7 Å². The number of ether oxygens (including phenoxy) is 2. The lowest BCUT2D eigenvalue weighted by molar-refractivity contribution is 0.129. The van der Waals surface area contributed by atoms with Gasteiger partial charge in [-0.15, -0.1) is 10.2 Å². The summed E-state index contributed by atoms with van der Waals surface area (Å²) in [7, 11) is 2.05. The van der Waals surface area contributed by atoms with E-state index in [0.717, 1.165) is 63.0 Å². The molecular formula is C31H35F2N9O3S. The molecule has 1 aromatic carbocycles. The number of nitrogens with one attached hydrogen (secondary N) is 1. The molecule has 0 radical (unpaired) electrons. The van der Waals surface area contributed by atoms with Crippen LogP contribution < -0.4 is 10.1 Å². The van der Waals surface area contributed by atoms with Gasteiger partial charge in [-0.25, -0.2) is 13.6 Å². The molecule has 4 aromatic rings. The van der Waals surface area contributed by atoms with Crippen molar-refractivity contribution in [1.29, 1.82) is 0 Å². The van der Waals surface area contributed by atoms with Crippen molar-refractivity contribution < 1.29 is 23.0 Å². The first kappa shape index (κ1) is 31.6. The second kappa shape index (κ2) is 14.8. The number of hydrogen-bond donors (Lipinski definition) is 1. The Hall–Kier alpha value is -4.37. The van der Waals surface area contributed by atoms with Gasteiger partial charge in [0.15, 0.2) is 22.5 Å². The fraction of sp³-hybridized carbons (Fsp3) is 0.419. The largest absolute Gasteiger partial charge is 0.482 e. The summed E-state index contributed by atoms with van der Waals surface area (Å²) < 4.78 is 43.2. The summed E-state index contributed by atoms with van der Waals surface area (Å²) in [6.45, 7) is 1.87. The van der Waals surface area contributed by atoms with Crippen molar-refractivity contribution >= 4 is 17.9 Å². The molecule has 15 heteroatoms. The van der Waals surface area contributed by atoms with E-state index in [2.05, 4.69) is 47.7 Å². The highest BCUT2D eigenvalue weighted by Gasteiger charge is 2.22. The van der Waals surface area contributed by atoms with Crippen LogP contribution in [0.3, 0.4) is 0 Å². The Morgan fingerprint density at radius 3 is 2.78 bits per heavy atom. The number of benzene rings is 1. The number of nitrogens with zero attached hydrogens (tertiary/aromatic N) is 8. The smallest absolute Gasteiger partial charge is 0.407 e. The SMILES string of the molecule is CN1CCC(NC(=O)OCCn2ncc(-c3cc(F)c(OCc4nnc(SC5C=CCCC5)n4-c4cccnc4)cc3F)n2)CC1. The molecule has 2 aliphatic rings. The number of alkyl carbamates (subject to hydrolysis) is 1. The van der Waals surface area contributed by atoms with Crippen LogP contribution in [0.25, 0.3) is 16.9 Å². The Labute approximate surface area is 269 Å². The van der Waals surface area contributed by atoms with Crippen LogP contribution >= 0.6 is 11.8 Å². The number of pyridine rings is 1. The summed E-state index contributed by atoms with van der Waals surface area (Å²) in [6.07, 6.45) is 13.5. The molecule has 3 aromatic heterocycles. The Morgan fingerprint density at radius 1 is 1.13 bits per heavy atom. The van der Waals surface area contributed by atoms with Crippen molar-refractivity contribution in [2.24, 2.45) is 0 Å². The van der Waals surface area contributed by atoms with Gasteiger partial charge in [-0.3, -0.25) is 9.55 Å². The number of carbonyl (C=O) groups excluding carboxylic acids is 1. The number of piperidine rings is 1. The molecule has 6 rings (SSSR count). The standard InChI is InChI=1S/C31H35F2N9O3S/c1-40-12-9-21(10-13-40)36-31(43)44-15-14-41-35-19-27(39-41)24-16-26(33)28(17-25(24)32)45-20-29-37-38-30(46-23-7-3-2-4-8-23)42(29)22-6-5-11-34-18-22/h3,5-7,11,16-19,21,23H,2,4,8-10,12-15,20H2,1H3,(H,36,43). The number of aromatic nitrogens is 7. The molecule has 1 N–H and O–H groups in total. The number of halogens is 2. The third-order valence-corrected chi connectivity index (χ3v) is 9.00. The van der Waals surface area contributed by atoms with E-state index in [1.165, 1.54) is 11.0 Å². The molecule has 0 bridgehead atoms. The molecule has 1 unspecified atom stereocenters. The van der Waals surface area contributed by atoms with Crippen LogP contribution in [0.2, 0.25) is 0 Å². The Kier molecular flexibility index (Phi) is 10.2. The number of rotatable bonds is 11. The number of carbonyl (C=O) groups is 1. The summed E-state index contributed by atoms with van der Waals surface area (Å²) >= 11 is 1.59. The Bertz CT molecular complexity index is 1660. The van der Waals surface area contributed by atoms with Gasteiger partial charge in [0, 0.05) is 29.1 Å². The van der Waals surface area contributed by atoms with Gasteiger partial charge < -0.3 is 19.7 Å². The normalized spacial score (nSPS) is 17.2. The molecule has 1 aliphatic heterocycles. The van der Waals surface area contributed by atoms with Crippen molar-refractivity contribution in [3.63, 3.8) is 0 Å². The third kappa shape index (κ3) is 7.88.